The molecular weight excluding hydrogens is 534 g/mol. The van der Waals surface area contributed by atoms with Gasteiger partial charge in [0.2, 0.25) is 0 Å². The summed E-state index contributed by atoms with van der Waals surface area (Å²) in [5.41, 5.74) is 3.30. The van der Waals surface area contributed by atoms with Crippen LogP contribution in [0, 0.1) is 5.82 Å². The number of carbonyl (C=O) groups excluding carboxylic acids is 1. The predicted octanol–water partition coefficient (Wildman–Crippen LogP) is 6.75. The molecule has 3 aromatic rings. The molecule has 0 saturated carbocycles. The Kier molecular flexibility index (Phi) is 7.57. The first-order valence-corrected chi connectivity index (χ1v) is 13.3. The molecular formula is C28H27Cl3FN4O+. The first kappa shape index (κ1) is 26.1. The standard InChI is InChI=1S/C28H26Cl3FN4O/c29-21-15-23(30)26-24(16-21)36(18-28(26)8-11-33-12-9-28,13-1-2-19-3-5-22(32)6-4-19)27(37)35-17-20-7-10-34-25(31)14-20/h1-7,10,14-16,33H,8-9,11-13,17-18H2/p+1/b2-1+. The lowest BCUT2D eigenvalue weighted by Gasteiger charge is -2.36. The summed E-state index contributed by atoms with van der Waals surface area (Å²) < 4.78 is 13.4. The molecule has 1 atom stereocenters. The molecule has 2 aromatic carbocycles. The van der Waals surface area contributed by atoms with Crippen molar-refractivity contribution in [3.05, 3.63) is 98.5 Å². The predicted molar refractivity (Wildman–Crippen MR) is 149 cm³/mol. The van der Waals surface area contributed by atoms with Crippen molar-refractivity contribution in [2.75, 3.05) is 26.2 Å². The Morgan fingerprint density at radius 3 is 2.59 bits per heavy atom. The van der Waals surface area contributed by atoms with Crippen LogP contribution in [0.4, 0.5) is 14.9 Å². The zero-order valence-electron chi connectivity index (χ0n) is 20.1. The first-order chi connectivity index (χ1) is 17.8. The average Bonchev–Trinajstić information content (AvgIpc) is 3.14. The SMILES string of the molecule is O=C(NCc1ccnc(Cl)c1)[N+]1(C/C=C/c2ccc(F)cc2)CC2(CCNCC2)c2c(Cl)cc(Cl)cc21. The van der Waals surface area contributed by atoms with Crippen LogP contribution >= 0.6 is 34.8 Å². The molecule has 2 aliphatic heterocycles. The second kappa shape index (κ2) is 10.7. The highest BCUT2D eigenvalue weighted by molar-refractivity contribution is 6.36. The third kappa shape index (κ3) is 5.27. The molecule has 3 heterocycles. The zero-order valence-corrected chi connectivity index (χ0v) is 22.4. The van der Waals surface area contributed by atoms with Gasteiger partial charge in [-0.05, 0) is 73.5 Å². The van der Waals surface area contributed by atoms with E-state index in [-0.39, 0.29) is 21.7 Å². The fraction of sp³-hybridized carbons (Fsp3) is 0.286. The number of quaternary nitrogens is 1. The number of nitrogens with one attached hydrogen (secondary N) is 2. The molecule has 0 radical (unpaired) electrons. The van der Waals surface area contributed by atoms with Crippen LogP contribution in [0.15, 0.2) is 60.8 Å². The molecule has 5 rings (SSSR count). The fourth-order valence-electron chi connectivity index (χ4n) is 5.67. The van der Waals surface area contributed by atoms with Crippen molar-refractivity contribution < 1.29 is 9.18 Å². The minimum absolute atomic E-state index is 0.0339. The van der Waals surface area contributed by atoms with E-state index in [0.29, 0.717) is 34.8 Å². The third-order valence-electron chi connectivity index (χ3n) is 7.38. The van der Waals surface area contributed by atoms with Crippen molar-refractivity contribution in [1.82, 2.24) is 20.1 Å². The Labute approximate surface area is 230 Å². The first-order valence-electron chi connectivity index (χ1n) is 12.2. The minimum atomic E-state index is -0.290. The van der Waals surface area contributed by atoms with E-state index < -0.39 is 0 Å². The Balaban J connectivity index is 1.55. The molecule has 2 N–H and O–H groups in total. The van der Waals surface area contributed by atoms with Gasteiger partial charge in [0, 0.05) is 29.4 Å². The average molecular weight is 561 g/mol. The Morgan fingerprint density at radius 1 is 1.11 bits per heavy atom. The van der Waals surface area contributed by atoms with Crippen LogP contribution in [-0.2, 0) is 12.0 Å². The van der Waals surface area contributed by atoms with Gasteiger partial charge in [0.1, 0.15) is 29.7 Å². The lowest BCUT2D eigenvalue weighted by Crippen LogP contribution is -2.60. The molecule has 1 aromatic heterocycles. The van der Waals surface area contributed by atoms with Gasteiger partial charge in [-0.3, -0.25) is 0 Å². The van der Waals surface area contributed by atoms with Gasteiger partial charge in [-0.1, -0.05) is 53.0 Å². The monoisotopic (exact) mass is 559 g/mol. The quantitative estimate of drug-likeness (QED) is 0.268. The normalized spacial score (nSPS) is 20.3. The lowest BCUT2D eigenvalue weighted by molar-refractivity contribution is 0.189. The molecule has 192 valence electrons. The molecule has 5 nitrogen and oxygen atoms in total. The van der Waals surface area contributed by atoms with E-state index in [1.165, 1.54) is 12.1 Å². The lowest BCUT2D eigenvalue weighted by atomic mass is 9.74. The maximum absolute atomic E-state index is 14.2. The van der Waals surface area contributed by atoms with E-state index in [1.54, 1.807) is 30.5 Å². The number of amides is 2. The number of fused-ring (bicyclic) bond motifs is 2. The van der Waals surface area contributed by atoms with E-state index in [9.17, 15) is 9.18 Å². The molecule has 1 fully saturated rings. The minimum Gasteiger partial charge on any atom is -0.317 e. The summed E-state index contributed by atoms with van der Waals surface area (Å²) in [5, 5.41) is 8.03. The summed E-state index contributed by atoms with van der Waals surface area (Å²) in [7, 11) is 0. The highest BCUT2D eigenvalue weighted by atomic mass is 35.5. The summed E-state index contributed by atoms with van der Waals surface area (Å²) in [6, 6.07) is 13.3. The molecule has 1 spiro atoms. The fourth-order valence-corrected chi connectivity index (χ4v) is 6.55. The summed E-state index contributed by atoms with van der Waals surface area (Å²) in [5.74, 6) is -0.290. The van der Waals surface area contributed by atoms with E-state index >= 15 is 0 Å². The van der Waals surface area contributed by atoms with Crippen LogP contribution in [0.3, 0.4) is 0 Å². The second-order valence-corrected chi connectivity index (χ2v) is 11.0. The van der Waals surface area contributed by atoms with Crippen molar-refractivity contribution in [1.29, 1.82) is 0 Å². The molecule has 0 aliphatic carbocycles. The van der Waals surface area contributed by atoms with Crippen LogP contribution in [0.25, 0.3) is 6.08 Å². The molecule has 2 amide bonds. The Hall–Kier alpha value is -2.48. The summed E-state index contributed by atoms with van der Waals surface area (Å²) in [6.07, 6.45) is 7.24. The summed E-state index contributed by atoms with van der Waals surface area (Å²) >= 11 is 19.4. The Morgan fingerprint density at radius 2 is 1.86 bits per heavy atom. The van der Waals surface area contributed by atoms with Crippen molar-refractivity contribution >= 4 is 52.6 Å². The number of aromatic nitrogens is 1. The van der Waals surface area contributed by atoms with Crippen LogP contribution < -0.4 is 15.1 Å². The number of benzene rings is 2. The van der Waals surface area contributed by atoms with Crippen molar-refractivity contribution in [2.24, 2.45) is 0 Å². The van der Waals surface area contributed by atoms with E-state index in [2.05, 4.69) is 15.6 Å². The number of hydrogen-bond donors (Lipinski definition) is 2. The van der Waals surface area contributed by atoms with Crippen LogP contribution in [0.1, 0.15) is 29.5 Å². The highest BCUT2D eigenvalue weighted by Gasteiger charge is 2.58. The van der Waals surface area contributed by atoms with Gasteiger partial charge in [0.25, 0.3) is 0 Å². The molecule has 2 aliphatic rings. The van der Waals surface area contributed by atoms with Gasteiger partial charge >= 0.3 is 6.03 Å². The number of urea groups is 1. The molecule has 1 saturated heterocycles. The summed E-state index contributed by atoms with van der Waals surface area (Å²) in [6.45, 7) is 2.96. The van der Waals surface area contributed by atoms with Gasteiger partial charge in [-0.15, -0.1) is 0 Å². The number of hydrogen-bond acceptors (Lipinski definition) is 3. The van der Waals surface area contributed by atoms with Gasteiger partial charge < -0.3 is 10.6 Å². The van der Waals surface area contributed by atoms with Gasteiger partial charge in [0.05, 0.1) is 10.4 Å². The number of pyridine rings is 1. The van der Waals surface area contributed by atoms with Gasteiger partial charge in [-0.2, -0.15) is 0 Å². The Bertz CT molecular complexity index is 1340. The largest absolute Gasteiger partial charge is 0.422 e. The number of nitrogens with zero attached hydrogens (tertiary/aromatic N) is 2. The van der Waals surface area contributed by atoms with E-state index in [4.69, 9.17) is 34.8 Å². The molecule has 9 heteroatoms. The third-order valence-corrected chi connectivity index (χ3v) is 8.10. The van der Waals surface area contributed by atoms with Crippen LogP contribution in [0.5, 0.6) is 0 Å². The van der Waals surface area contributed by atoms with Crippen LogP contribution in [-0.4, -0.2) is 37.2 Å². The topological polar surface area (TPSA) is 54.0 Å². The van der Waals surface area contributed by atoms with Gasteiger partial charge in [-0.25, -0.2) is 18.7 Å². The van der Waals surface area contributed by atoms with Crippen molar-refractivity contribution in [2.45, 2.75) is 24.8 Å². The number of carbonyl (C=O) groups is 1. The molecule has 1 unspecified atom stereocenters. The van der Waals surface area contributed by atoms with Crippen LogP contribution in [0.2, 0.25) is 15.2 Å². The van der Waals surface area contributed by atoms with E-state index in [0.717, 1.165) is 48.3 Å². The van der Waals surface area contributed by atoms with Crippen molar-refractivity contribution in [3.63, 3.8) is 0 Å². The van der Waals surface area contributed by atoms with Crippen molar-refractivity contribution in [3.8, 4) is 0 Å². The molecule has 37 heavy (non-hydrogen) atoms. The second-order valence-electron chi connectivity index (χ2n) is 9.72. The number of halogens is 4. The van der Waals surface area contributed by atoms with Gasteiger partial charge in [0.15, 0.2) is 0 Å². The number of piperidine rings is 1. The smallest absolute Gasteiger partial charge is 0.317 e. The maximum Gasteiger partial charge on any atom is 0.422 e. The maximum atomic E-state index is 14.2. The highest BCUT2D eigenvalue weighted by Crippen LogP contribution is 2.53. The molecule has 0 bridgehead atoms. The number of rotatable bonds is 5. The summed E-state index contributed by atoms with van der Waals surface area (Å²) in [4.78, 5) is 18.2. The van der Waals surface area contributed by atoms with E-state index in [1.807, 2.05) is 24.3 Å². The zero-order chi connectivity index (χ0) is 26.0.